The molecule has 0 aromatic heterocycles. The molecule has 0 aliphatic carbocycles. The van der Waals surface area contributed by atoms with Gasteiger partial charge in [-0.15, -0.1) is 0 Å². The number of likely N-dealkylation sites (tertiary alicyclic amines) is 1. The van der Waals surface area contributed by atoms with Crippen molar-refractivity contribution in [2.45, 2.75) is 13.0 Å². The van der Waals surface area contributed by atoms with Gasteiger partial charge in [0.15, 0.2) is 17.5 Å². The summed E-state index contributed by atoms with van der Waals surface area (Å²) in [6, 6.07) is 13.7. The molecule has 3 aromatic rings. The number of allylic oxidation sites excluding steroid dienone is 1. The average molecular weight is 500 g/mol. The molecule has 2 aliphatic heterocycles. The highest BCUT2D eigenvalue weighted by Crippen LogP contribution is 2.47. The molecule has 0 radical (unpaired) electrons. The molecule has 1 fully saturated rings. The molecule has 4 nitrogen and oxygen atoms in total. The van der Waals surface area contributed by atoms with E-state index in [1.165, 1.54) is 12.1 Å². The third-order valence-corrected chi connectivity index (χ3v) is 6.68. The topological polar surface area (TPSA) is 41.9 Å². The number of halogens is 4. The van der Waals surface area contributed by atoms with E-state index in [4.69, 9.17) is 9.47 Å². The van der Waals surface area contributed by atoms with Gasteiger partial charge in [-0.05, 0) is 66.1 Å². The average Bonchev–Trinajstić information content (AvgIpc) is 2.84. The van der Waals surface area contributed by atoms with Crippen LogP contribution < -0.4 is 9.47 Å². The second kappa shape index (κ2) is 9.85. The lowest BCUT2D eigenvalue weighted by Gasteiger charge is -2.37. The van der Waals surface area contributed by atoms with Gasteiger partial charge in [-0.25, -0.2) is 13.2 Å². The van der Waals surface area contributed by atoms with Crippen LogP contribution >= 0.6 is 0 Å². The van der Waals surface area contributed by atoms with E-state index in [9.17, 15) is 22.7 Å². The number of aromatic hydroxyl groups is 1. The van der Waals surface area contributed by atoms with Gasteiger partial charge in [-0.1, -0.05) is 12.1 Å². The van der Waals surface area contributed by atoms with Gasteiger partial charge >= 0.3 is 0 Å². The zero-order valence-corrected chi connectivity index (χ0v) is 19.6. The minimum Gasteiger partial charge on any atom is -0.508 e. The van der Waals surface area contributed by atoms with E-state index >= 15 is 0 Å². The van der Waals surface area contributed by atoms with Crippen molar-refractivity contribution in [3.05, 3.63) is 88.7 Å². The maximum absolute atomic E-state index is 14.2. The number of alkyl halides is 1. The van der Waals surface area contributed by atoms with Crippen LogP contribution in [0.5, 0.6) is 17.2 Å². The summed E-state index contributed by atoms with van der Waals surface area (Å²) in [5.41, 5.74) is 2.52. The van der Waals surface area contributed by atoms with Crippen LogP contribution in [-0.4, -0.2) is 42.9 Å². The first-order chi connectivity index (χ1) is 17.3. The van der Waals surface area contributed by atoms with Gasteiger partial charge in [0.2, 0.25) is 0 Å². The number of nitrogens with zero attached hydrogens (tertiary/aromatic N) is 1. The van der Waals surface area contributed by atoms with Crippen LogP contribution in [0.3, 0.4) is 0 Å². The zero-order chi connectivity index (χ0) is 25.4. The van der Waals surface area contributed by atoms with E-state index in [-0.39, 0.29) is 23.9 Å². The van der Waals surface area contributed by atoms with E-state index in [0.29, 0.717) is 46.9 Å². The number of benzene rings is 3. The molecule has 1 saturated heterocycles. The number of hydrogen-bond acceptors (Lipinski definition) is 4. The second-order valence-corrected chi connectivity index (χ2v) is 9.17. The van der Waals surface area contributed by atoms with Gasteiger partial charge in [0.05, 0.1) is 6.67 Å². The first-order valence-corrected chi connectivity index (χ1v) is 11.7. The van der Waals surface area contributed by atoms with Crippen LogP contribution in [0.1, 0.15) is 29.7 Å². The number of rotatable bonds is 7. The Labute approximate surface area is 206 Å². The van der Waals surface area contributed by atoms with Crippen LogP contribution in [0, 0.1) is 23.4 Å². The molecule has 188 valence electrons. The van der Waals surface area contributed by atoms with E-state index < -0.39 is 23.6 Å². The molecular weight excluding hydrogens is 474 g/mol. The highest BCUT2D eigenvalue weighted by molar-refractivity contribution is 5.95. The van der Waals surface area contributed by atoms with Crippen molar-refractivity contribution < 1.29 is 32.1 Å². The van der Waals surface area contributed by atoms with Crippen molar-refractivity contribution in [2.75, 3.05) is 32.9 Å². The van der Waals surface area contributed by atoms with Gasteiger partial charge in [0.25, 0.3) is 0 Å². The van der Waals surface area contributed by atoms with Crippen LogP contribution in [-0.2, 0) is 0 Å². The fourth-order valence-corrected chi connectivity index (χ4v) is 4.74. The van der Waals surface area contributed by atoms with Gasteiger partial charge in [0, 0.05) is 36.7 Å². The van der Waals surface area contributed by atoms with Crippen molar-refractivity contribution in [2.24, 2.45) is 5.92 Å². The van der Waals surface area contributed by atoms with E-state index in [0.717, 1.165) is 25.2 Å². The van der Waals surface area contributed by atoms with Gasteiger partial charge in [-0.2, -0.15) is 0 Å². The molecule has 1 N–H and O–H groups in total. The van der Waals surface area contributed by atoms with E-state index in [2.05, 4.69) is 4.90 Å². The number of fused-ring (bicyclic) bond motifs is 1. The molecule has 8 heteroatoms. The zero-order valence-electron chi connectivity index (χ0n) is 19.6. The maximum atomic E-state index is 14.2. The third-order valence-electron chi connectivity index (χ3n) is 6.68. The number of phenolic OH excluding ortho intramolecular Hbond substituents is 1. The van der Waals surface area contributed by atoms with Gasteiger partial charge < -0.3 is 14.6 Å². The lowest BCUT2D eigenvalue weighted by molar-refractivity contribution is 0.0668. The standard InChI is InChI=1S/C28H25F4NO3/c1-16-22-12-20(34)4-7-25(22)36-28(26(16)19-10-23(30)27(32)24(31)11-19)18-2-5-21(6-3-18)35-9-8-33-14-17(13-29)15-33/h2-7,10-12,17,28,34H,8-9,13-15H2,1H3/t28-/m0/s1. The molecular formula is C28H25F4NO3. The normalized spacial score (nSPS) is 18.0. The summed E-state index contributed by atoms with van der Waals surface area (Å²) in [4.78, 5) is 2.13. The Kier molecular flexibility index (Phi) is 6.62. The first kappa shape index (κ1) is 24.2. The van der Waals surface area contributed by atoms with Crippen molar-refractivity contribution >= 4 is 11.1 Å². The highest BCUT2D eigenvalue weighted by Gasteiger charge is 2.31. The minimum atomic E-state index is -1.54. The summed E-state index contributed by atoms with van der Waals surface area (Å²) < 4.78 is 66.6. The fraction of sp³-hybridized carbons (Fsp3) is 0.286. The summed E-state index contributed by atoms with van der Waals surface area (Å²) in [7, 11) is 0. The summed E-state index contributed by atoms with van der Waals surface area (Å²) in [6.45, 7) is 4.14. The quantitative estimate of drug-likeness (QED) is 0.313. The number of phenols is 1. The highest BCUT2D eigenvalue weighted by atomic mass is 19.2. The lowest BCUT2D eigenvalue weighted by atomic mass is 9.86. The molecule has 2 aliphatic rings. The molecule has 5 rings (SSSR count). The number of ether oxygens (including phenoxy) is 2. The predicted octanol–water partition coefficient (Wildman–Crippen LogP) is 6.15. The summed E-state index contributed by atoms with van der Waals surface area (Å²) in [5, 5.41) is 9.97. The smallest absolute Gasteiger partial charge is 0.194 e. The Morgan fingerprint density at radius 2 is 1.69 bits per heavy atom. The predicted molar refractivity (Wildman–Crippen MR) is 128 cm³/mol. The Morgan fingerprint density at radius 3 is 2.36 bits per heavy atom. The van der Waals surface area contributed by atoms with E-state index in [1.807, 2.05) is 0 Å². The van der Waals surface area contributed by atoms with Crippen LogP contribution in [0.25, 0.3) is 11.1 Å². The molecule has 0 amide bonds. The van der Waals surface area contributed by atoms with Crippen molar-refractivity contribution in [1.29, 1.82) is 0 Å². The fourth-order valence-electron chi connectivity index (χ4n) is 4.74. The molecule has 2 heterocycles. The summed E-state index contributed by atoms with van der Waals surface area (Å²) >= 11 is 0. The van der Waals surface area contributed by atoms with Gasteiger partial charge in [0.1, 0.15) is 30.0 Å². The van der Waals surface area contributed by atoms with Crippen LogP contribution in [0.4, 0.5) is 17.6 Å². The van der Waals surface area contributed by atoms with Crippen LogP contribution in [0.15, 0.2) is 54.6 Å². The van der Waals surface area contributed by atoms with E-state index in [1.54, 1.807) is 37.3 Å². The Morgan fingerprint density at radius 1 is 1.00 bits per heavy atom. The Bertz CT molecular complexity index is 1280. The summed E-state index contributed by atoms with van der Waals surface area (Å²) in [5.74, 6) is -2.84. The third kappa shape index (κ3) is 4.65. The largest absolute Gasteiger partial charge is 0.508 e. The molecule has 1 atom stereocenters. The number of hydrogen-bond donors (Lipinski definition) is 1. The molecule has 3 aromatic carbocycles. The maximum Gasteiger partial charge on any atom is 0.194 e. The summed E-state index contributed by atoms with van der Waals surface area (Å²) in [6.07, 6.45) is -0.737. The Hall–Kier alpha value is -3.52. The van der Waals surface area contributed by atoms with Crippen molar-refractivity contribution in [1.82, 2.24) is 4.90 Å². The monoisotopic (exact) mass is 499 g/mol. The molecule has 0 saturated carbocycles. The lowest BCUT2D eigenvalue weighted by Crippen LogP contribution is -2.49. The van der Waals surface area contributed by atoms with Crippen molar-refractivity contribution in [3.8, 4) is 17.2 Å². The molecule has 0 unspecified atom stereocenters. The van der Waals surface area contributed by atoms with Crippen LogP contribution in [0.2, 0.25) is 0 Å². The molecule has 36 heavy (non-hydrogen) atoms. The Balaban J connectivity index is 1.42. The minimum absolute atomic E-state index is 0.0194. The SMILES string of the molecule is CC1=C(c2cc(F)c(F)c(F)c2)[C@H](c2ccc(OCCN3CC(CF)C3)cc2)Oc2ccc(O)cc21. The van der Waals surface area contributed by atoms with Gasteiger partial charge in [-0.3, -0.25) is 9.29 Å². The first-order valence-electron chi connectivity index (χ1n) is 11.7. The second-order valence-electron chi connectivity index (χ2n) is 9.17. The molecule has 0 bridgehead atoms. The van der Waals surface area contributed by atoms with Crippen molar-refractivity contribution in [3.63, 3.8) is 0 Å². The molecule has 0 spiro atoms.